The minimum Gasteiger partial charge on any atom is -0.279 e. The molecule has 26 heavy (non-hydrogen) atoms. The summed E-state index contributed by atoms with van der Waals surface area (Å²) < 4.78 is 54.0. The first kappa shape index (κ1) is 18.6. The normalized spacial score (nSPS) is 11.9. The molecule has 0 unspecified atom stereocenters. The zero-order valence-electron chi connectivity index (χ0n) is 12.8. The minimum absolute atomic E-state index is 0.0575. The molecule has 2 aromatic heterocycles. The van der Waals surface area contributed by atoms with Gasteiger partial charge in [-0.15, -0.1) is 11.3 Å². The van der Waals surface area contributed by atoms with Gasteiger partial charge in [-0.1, -0.05) is 11.6 Å². The van der Waals surface area contributed by atoms with E-state index in [1.54, 1.807) is 6.07 Å². The van der Waals surface area contributed by atoms with E-state index in [-0.39, 0.29) is 20.7 Å². The predicted molar refractivity (Wildman–Crippen MR) is 99.4 cm³/mol. The van der Waals surface area contributed by atoms with Crippen molar-refractivity contribution in [3.63, 3.8) is 0 Å². The van der Waals surface area contributed by atoms with Crippen LogP contribution < -0.4 is 9.44 Å². The van der Waals surface area contributed by atoms with Crippen molar-refractivity contribution in [1.29, 1.82) is 0 Å². The van der Waals surface area contributed by atoms with E-state index in [2.05, 4.69) is 19.4 Å². The number of nitrogens with one attached hydrogen (secondary N) is 2. The van der Waals surface area contributed by atoms with Crippen molar-refractivity contribution in [3.05, 3.63) is 59.2 Å². The number of rotatable bonds is 6. The Bertz CT molecular complexity index is 1110. The molecule has 3 rings (SSSR count). The quantitative estimate of drug-likeness (QED) is 0.620. The van der Waals surface area contributed by atoms with Crippen LogP contribution >= 0.6 is 22.9 Å². The summed E-state index contributed by atoms with van der Waals surface area (Å²) in [6.07, 6.45) is 2.80. The Kier molecular flexibility index (Phi) is 5.14. The molecule has 0 radical (unpaired) electrons. The summed E-state index contributed by atoms with van der Waals surface area (Å²) >= 11 is 6.67. The highest BCUT2D eigenvalue weighted by Crippen LogP contribution is 2.27. The zero-order chi connectivity index (χ0) is 18.8. The van der Waals surface area contributed by atoms with Gasteiger partial charge in [-0.2, -0.15) is 0 Å². The largest absolute Gasteiger partial charge is 0.279 e. The van der Waals surface area contributed by atoms with Gasteiger partial charge in [-0.3, -0.25) is 4.72 Å². The number of hydrogen-bond donors (Lipinski definition) is 2. The van der Waals surface area contributed by atoms with Crippen LogP contribution in [-0.4, -0.2) is 26.8 Å². The fourth-order valence-corrected chi connectivity index (χ4v) is 5.38. The molecule has 12 heteroatoms. The lowest BCUT2D eigenvalue weighted by atomic mass is 10.3. The number of anilines is 2. The molecule has 0 fully saturated rings. The summed E-state index contributed by atoms with van der Waals surface area (Å²) in [6.45, 7) is 0. The lowest BCUT2D eigenvalue weighted by Gasteiger charge is -2.09. The molecule has 0 saturated carbocycles. The van der Waals surface area contributed by atoms with E-state index in [4.69, 9.17) is 11.6 Å². The average Bonchev–Trinajstić information content (AvgIpc) is 3.03. The summed E-state index contributed by atoms with van der Waals surface area (Å²) in [5, 5.41) is 0. The van der Waals surface area contributed by atoms with Crippen molar-refractivity contribution in [2.75, 3.05) is 9.44 Å². The second kappa shape index (κ2) is 7.19. The van der Waals surface area contributed by atoms with E-state index in [0.717, 1.165) is 11.3 Å². The summed E-state index contributed by atoms with van der Waals surface area (Å²) in [4.78, 5) is 7.51. The lowest BCUT2D eigenvalue weighted by Crippen LogP contribution is -2.15. The van der Waals surface area contributed by atoms with Crippen LogP contribution in [0.3, 0.4) is 0 Å². The second-order valence-electron chi connectivity index (χ2n) is 4.87. The topological polar surface area (TPSA) is 118 Å². The molecule has 0 bridgehead atoms. The molecule has 0 atom stereocenters. The highest BCUT2D eigenvalue weighted by Gasteiger charge is 2.18. The summed E-state index contributed by atoms with van der Waals surface area (Å²) in [5.74, 6) is -0.0631. The third kappa shape index (κ3) is 4.30. The molecule has 0 spiro atoms. The van der Waals surface area contributed by atoms with Gasteiger partial charge in [-0.05, 0) is 42.5 Å². The lowest BCUT2D eigenvalue weighted by molar-refractivity contribution is 0.600. The van der Waals surface area contributed by atoms with Gasteiger partial charge in [0.05, 0.1) is 9.23 Å². The van der Waals surface area contributed by atoms with Crippen molar-refractivity contribution >= 4 is 54.6 Å². The molecule has 0 amide bonds. The summed E-state index contributed by atoms with van der Waals surface area (Å²) in [7, 11) is -7.68. The highest BCUT2D eigenvalue weighted by atomic mass is 35.5. The fraction of sp³-hybridized carbons (Fsp3) is 0. The predicted octanol–water partition coefficient (Wildman–Crippen LogP) is 2.79. The first-order chi connectivity index (χ1) is 12.3. The van der Waals surface area contributed by atoms with Crippen LogP contribution in [0.4, 0.5) is 11.6 Å². The van der Waals surface area contributed by atoms with Gasteiger partial charge in [0.2, 0.25) is 5.95 Å². The number of halogens is 1. The smallest absolute Gasteiger partial charge is 0.271 e. The Morgan fingerprint density at radius 1 is 0.846 bits per heavy atom. The number of hydrogen-bond acceptors (Lipinski definition) is 7. The van der Waals surface area contributed by atoms with Gasteiger partial charge >= 0.3 is 0 Å². The zero-order valence-corrected chi connectivity index (χ0v) is 16.0. The molecule has 0 saturated heterocycles. The van der Waals surface area contributed by atoms with Gasteiger partial charge in [-0.25, -0.2) is 31.5 Å². The van der Waals surface area contributed by atoms with Crippen LogP contribution in [0.2, 0.25) is 4.34 Å². The molecule has 8 nitrogen and oxygen atoms in total. The third-order valence-electron chi connectivity index (χ3n) is 3.02. The van der Waals surface area contributed by atoms with Gasteiger partial charge in [0.1, 0.15) is 4.21 Å². The summed E-state index contributed by atoms with van der Waals surface area (Å²) in [5.41, 5.74) is 0.212. The van der Waals surface area contributed by atoms with E-state index in [0.29, 0.717) is 4.34 Å². The van der Waals surface area contributed by atoms with E-state index in [1.807, 2.05) is 0 Å². The summed E-state index contributed by atoms with van der Waals surface area (Å²) in [6, 6.07) is 9.64. The van der Waals surface area contributed by atoms with Crippen LogP contribution in [0.1, 0.15) is 0 Å². The Morgan fingerprint density at radius 3 is 2.08 bits per heavy atom. The van der Waals surface area contributed by atoms with Gasteiger partial charge < -0.3 is 0 Å². The highest BCUT2D eigenvalue weighted by molar-refractivity contribution is 7.94. The van der Waals surface area contributed by atoms with E-state index in [1.165, 1.54) is 48.8 Å². The van der Waals surface area contributed by atoms with E-state index in [9.17, 15) is 16.8 Å². The molecule has 136 valence electrons. The first-order valence-corrected chi connectivity index (χ1v) is 11.1. The van der Waals surface area contributed by atoms with Crippen LogP contribution in [0, 0.1) is 0 Å². The minimum atomic E-state index is -3.89. The molecule has 0 aliphatic heterocycles. The van der Waals surface area contributed by atoms with Crippen LogP contribution in [-0.2, 0) is 20.0 Å². The van der Waals surface area contributed by atoms with Crippen LogP contribution in [0.25, 0.3) is 0 Å². The number of nitrogens with zero attached hydrogens (tertiary/aromatic N) is 2. The van der Waals surface area contributed by atoms with Crippen molar-refractivity contribution in [3.8, 4) is 0 Å². The number of sulfonamides is 2. The maximum atomic E-state index is 12.3. The van der Waals surface area contributed by atoms with Crippen molar-refractivity contribution < 1.29 is 16.8 Å². The molecule has 2 N–H and O–H groups in total. The molecule has 2 heterocycles. The standard InChI is InChI=1S/C14H11ClN4O4S3/c15-12-6-7-13(24-12)26(22,23)18-10-2-4-11(5-3-10)25(20,21)19-14-16-8-1-9-17-14/h1-9,18H,(H,16,17,19). The van der Waals surface area contributed by atoms with Crippen molar-refractivity contribution in [2.24, 2.45) is 0 Å². The van der Waals surface area contributed by atoms with E-state index >= 15 is 0 Å². The maximum absolute atomic E-state index is 12.3. The molecular formula is C14H11ClN4O4S3. The van der Waals surface area contributed by atoms with Gasteiger partial charge in [0.15, 0.2) is 0 Å². The third-order valence-corrected chi connectivity index (χ3v) is 7.47. The Morgan fingerprint density at radius 2 is 1.50 bits per heavy atom. The molecule has 0 aliphatic carbocycles. The molecule has 3 aromatic rings. The molecule has 1 aromatic carbocycles. The van der Waals surface area contributed by atoms with Gasteiger partial charge in [0.25, 0.3) is 20.0 Å². The SMILES string of the molecule is O=S(=O)(Nc1ncccn1)c1ccc(NS(=O)(=O)c2ccc(Cl)s2)cc1. The Balaban J connectivity index is 1.78. The number of thiophene rings is 1. The fourth-order valence-electron chi connectivity index (χ4n) is 1.88. The van der Waals surface area contributed by atoms with Crippen LogP contribution in [0.5, 0.6) is 0 Å². The number of aromatic nitrogens is 2. The van der Waals surface area contributed by atoms with Crippen molar-refractivity contribution in [1.82, 2.24) is 9.97 Å². The second-order valence-corrected chi connectivity index (χ2v) is 10.2. The van der Waals surface area contributed by atoms with E-state index < -0.39 is 20.0 Å². The number of benzene rings is 1. The van der Waals surface area contributed by atoms with Crippen molar-refractivity contribution in [2.45, 2.75) is 9.10 Å². The molecular weight excluding hydrogens is 420 g/mol. The molecule has 0 aliphatic rings. The average molecular weight is 431 g/mol. The maximum Gasteiger partial charge on any atom is 0.271 e. The Hall–Kier alpha value is -2.21. The Labute approximate surface area is 159 Å². The van der Waals surface area contributed by atoms with Gasteiger partial charge in [0, 0.05) is 18.1 Å². The first-order valence-electron chi connectivity index (χ1n) is 6.94. The monoisotopic (exact) mass is 430 g/mol. The van der Waals surface area contributed by atoms with Crippen LogP contribution in [0.15, 0.2) is 64.0 Å².